The predicted octanol–water partition coefficient (Wildman–Crippen LogP) is 9.54. The zero-order valence-corrected chi connectivity index (χ0v) is 28.5. The molecule has 6 aromatic carbocycles. The van der Waals surface area contributed by atoms with E-state index in [2.05, 4.69) is 93.7 Å². The summed E-state index contributed by atoms with van der Waals surface area (Å²) in [4.78, 5) is 14.4. The summed E-state index contributed by atoms with van der Waals surface area (Å²) in [6.45, 7) is 0. The Hall–Kier alpha value is -6.24. The van der Waals surface area contributed by atoms with Crippen molar-refractivity contribution >= 4 is 33.8 Å². The zero-order chi connectivity index (χ0) is 34.8. The van der Waals surface area contributed by atoms with E-state index < -0.39 is 0 Å². The molecule has 5 N–H and O–H groups in total. The van der Waals surface area contributed by atoms with E-state index in [1.54, 1.807) is 0 Å². The van der Waals surface area contributed by atoms with Crippen LogP contribution >= 0.6 is 0 Å². The number of carbonyl (C=O) groups is 1. The molecule has 0 aliphatic heterocycles. The van der Waals surface area contributed by atoms with Gasteiger partial charge < -0.3 is 10.4 Å². The van der Waals surface area contributed by atoms with Crippen molar-refractivity contribution < 1.29 is 7.65 Å². The molecule has 0 bridgehead atoms. The summed E-state index contributed by atoms with van der Waals surface area (Å²) in [6, 6.07) is 53.4. The number of hydrogen-bond acceptors (Lipinski definition) is 5. The summed E-state index contributed by atoms with van der Waals surface area (Å²) in [5.41, 5.74) is 20.9. The summed E-state index contributed by atoms with van der Waals surface area (Å²) < 4.78 is 0. The first-order valence-electron chi connectivity index (χ1n) is 17.4. The molecule has 7 aromatic rings. The van der Waals surface area contributed by atoms with Crippen LogP contribution in [0, 0.1) is 0 Å². The minimum Gasteiger partial charge on any atom is -0.358 e. The van der Waals surface area contributed by atoms with Crippen LogP contribution in [0.2, 0.25) is 0 Å². The molecule has 0 amide bonds. The van der Waals surface area contributed by atoms with Gasteiger partial charge in [0.25, 0.3) is 0 Å². The number of anilines is 2. The fourth-order valence-corrected chi connectivity index (χ4v) is 6.81. The van der Waals surface area contributed by atoms with Crippen molar-refractivity contribution in [2.45, 2.75) is 32.1 Å². The SMILES string of the molecule is NNc1ccccc1.O=C1Cc2ccccc2C1.[H+].[H+].c1ccc(NN=C2Cc3ccccc3C2)cc1.c1ccc2c(c1)Cc1[nH]c3ccccc3c1-2. The van der Waals surface area contributed by atoms with Crippen LogP contribution in [0.4, 0.5) is 11.4 Å². The van der Waals surface area contributed by atoms with Crippen molar-refractivity contribution in [2.75, 3.05) is 10.9 Å². The minimum atomic E-state index is 0. The fourth-order valence-electron chi connectivity index (χ4n) is 6.81. The van der Waals surface area contributed by atoms with E-state index in [4.69, 9.17) is 5.84 Å². The smallest absolute Gasteiger partial charge is 0.358 e. The number of rotatable bonds is 3. The van der Waals surface area contributed by atoms with Crippen molar-refractivity contribution in [3.05, 3.63) is 191 Å². The van der Waals surface area contributed by atoms with Crippen LogP contribution in [-0.2, 0) is 36.9 Å². The highest BCUT2D eigenvalue weighted by molar-refractivity contribution is 6.00. The molecule has 0 spiro atoms. The Morgan fingerprint density at radius 3 is 1.61 bits per heavy atom. The topological polar surface area (TPSA) is 95.3 Å². The number of nitrogens with zero attached hydrogens (tertiary/aromatic N) is 1. The lowest BCUT2D eigenvalue weighted by Crippen LogP contribution is -2.05. The number of nitrogen functional groups attached to an aromatic ring is 1. The molecule has 6 heteroatoms. The van der Waals surface area contributed by atoms with E-state index in [0.29, 0.717) is 18.6 Å². The molecule has 0 saturated heterocycles. The third-order valence-corrected chi connectivity index (χ3v) is 9.30. The number of carbonyl (C=O) groups excluding carboxylic acids is 1. The number of fused-ring (bicyclic) bond motifs is 7. The second-order valence-corrected chi connectivity index (χ2v) is 12.8. The Balaban J connectivity index is 0.000000140. The first kappa shape index (κ1) is 33.3. The Kier molecular flexibility index (Phi) is 10.4. The number of para-hydroxylation sites is 3. The average Bonchev–Trinajstić information content (AvgIpc) is 3.96. The van der Waals surface area contributed by atoms with Gasteiger partial charge in [0.1, 0.15) is 5.78 Å². The quantitative estimate of drug-likeness (QED) is 0.111. The van der Waals surface area contributed by atoms with Gasteiger partial charge in [0, 0.05) is 65.7 Å². The second kappa shape index (κ2) is 16.0. The molecule has 0 atom stereocenters. The standard InChI is InChI=1S/C15H14N2.C15H11N.C9H8O.C6H8N2/c1-2-8-14(9-3-1)16-17-15-10-12-6-4-5-7-13(12)11-15;1-2-6-11-10(5-1)9-14-15(11)12-7-3-4-8-13(12)16-14;10-9-5-7-3-1-2-4-8(7)6-9;7-8-6-4-2-1-3-5-6/h1-9,16H,10-11H2;1-8,16H,9H2;1-4H,5-6H2;1-5,8H,7H2/p+2. The third kappa shape index (κ3) is 8.15. The van der Waals surface area contributed by atoms with Gasteiger partial charge in [-0.05, 0) is 63.7 Å². The summed E-state index contributed by atoms with van der Waals surface area (Å²) in [5, 5.41) is 5.82. The van der Waals surface area contributed by atoms with Crippen LogP contribution in [0.25, 0.3) is 22.0 Å². The minimum absolute atomic E-state index is 0. The molecule has 3 aliphatic rings. The lowest BCUT2D eigenvalue weighted by atomic mass is 10.0. The van der Waals surface area contributed by atoms with Gasteiger partial charge in [0.2, 0.25) is 0 Å². The fraction of sp³-hybridized carbons (Fsp3) is 0.111. The van der Waals surface area contributed by atoms with Crippen LogP contribution in [0.3, 0.4) is 0 Å². The number of hydrazine groups is 1. The van der Waals surface area contributed by atoms with Crippen molar-refractivity contribution in [3.63, 3.8) is 0 Å². The number of hydrogen-bond donors (Lipinski definition) is 4. The van der Waals surface area contributed by atoms with Gasteiger partial charge in [-0.3, -0.25) is 16.1 Å². The number of aromatic amines is 1. The Bertz CT molecular complexity index is 2230. The normalized spacial score (nSPS) is 12.8. The maximum absolute atomic E-state index is 10.9. The molecule has 0 unspecified atom stereocenters. The highest BCUT2D eigenvalue weighted by Gasteiger charge is 2.22. The number of ketones is 1. The number of aromatic nitrogens is 1. The number of H-pyrrole nitrogens is 1. The Morgan fingerprint density at radius 2 is 1.02 bits per heavy atom. The third-order valence-electron chi connectivity index (χ3n) is 9.30. The van der Waals surface area contributed by atoms with E-state index >= 15 is 0 Å². The highest BCUT2D eigenvalue weighted by Crippen LogP contribution is 2.41. The van der Waals surface area contributed by atoms with Gasteiger partial charge in [0.05, 0.1) is 5.69 Å². The largest absolute Gasteiger partial charge is 1.00 e. The monoisotopic (exact) mass is 669 g/mol. The van der Waals surface area contributed by atoms with E-state index in [0.717, 1.165) is 30.6 Å². The van der Waals surface area contributed by atoms with E-state index in [9.17, 15) is 4.79 Å². The summed E-state index contributed by atoms with van der Waals surface area (Å²) >= 11 is 0. The molecule has 51 heavy (non-hydrogen) atoms. The molecule has 0 saturated carbocycles. The number of nitrogens with one attached hydrogen (secondary N) is 3. The van der Waals surface area contributed by atoms with E-state index in [1.807, 2.05) is 84.9 Å². The highest BCUT2D eigenvalue weighted by atomic mass is 16.1. The van der Waals surface area contributed by atoms with Crippen LogP contribution in [0.1, 0.15) is 36.4 Å². The Labute approximate surface area is 302 Å². The number of hydrazone groups is 1. The molecule has 1 heterocycles. The molecular formula is C45H43N5O+2. The molecule has 1 aromatic heterocycles. The zero-order valence-electron chi connectivity index (χ0n) is 30.5. The maximum Gasteiger partial charge on any atom is 1.00 e. The average molecular weight is 670 g/mol. The van der Waals surface area contributed by atoms with Gasteiger partial charge in [0.15, 0.2) is 0 Å². The molecule has 3 aliphatic carbocycles. The van der Waals surface area contributed by atoms with Gasteiger partial charge in [-0.1, -0.05) is 127 Å². The number of Topliss-reactive ketones (excluding diaryl/α,β-unsaturated/α-hetero) is 1. The van der Waals surface area contributed by atoms with Crippen molar-refractivity contribution in [3.8, 4) is 11.1 Å². The second-order valence-electron chi connectivity index (χ2n) is 12.8. The molecule has 6 nitrogen and oxygen atoms in total. The van der Waals surface area contributed by atoms with Gasteiger partial charge in [-0.15, -0.1) is 0 Å². The van der Waals surface area contributed by atoms with Crippen LogP contribution in [0.5, 0.6) is 0 Å². The van der Waals surface area contributed by atoms with E-state index in [-0.39, 0.29) is 2.85 Å². The maximum atomic E-state index is 10.9. The van der Waals surface area contributed by atoms with Crippen LogP contribution in [-0.4, -0.2) is 16.5 Å². The van der Waals surface area contributed by atoms with Crippen molar-refractivity contribution in [2.24, 2.45) is 10.9 Å². The van der Waals surface area contributed by atoms with E-state index in [1.165, 1.54) is 61.3 Å². The van der Waals surface area contributed by atoms with Gasteiger partial charge in [-0.25, -0.2) is 0 Å². The molecule has 0 fully saturated rings. The molecule has 0 radical (unpaired) electrons. The first-order chi connectivity index (χ1) is 25.1. The molecular weight excluding hydrogens is 627 g/mol. The number of benzene rings is 6. The van der Waals surface area contributed by atoms with Gasteiger partial charge in [-0.2, -0.15) is 5.10 Å². The van der Waals surface area contributed by atoms with Crippen molar-refractivity contribution in [1.29, 1.82) is 0 Å². The lowest BCUT2D eigenvalue weighted by molar-refractivity contribution is -0.117. The predicted molar refractivity (Wildman–Crippen MR) is 213 cm³/mol. The first-order valence-corrected chi connectivity index (χ1v) is 17.4. The molecule has 10 rings (SSSR count). The van der Waals surface area contributed by atoms with Crippen LogP contribution in [0.15, 0.2) is 163 Å². The molecule has 252 valence electrons. The summed E-state index contributed by atoms with van der Waals surface area (Å²) in [7, 11) is 0. The Morgan fingerprint density at radius 1 is 0.529 bits per heavy atom. The van der Waals surface area contributed by atoms with Crippen molar-refractivity contribution in [1.82, 2.24) is 4.98 Å². The van der Waals surface area contributed by atoms with Gasteiger partial charge >= 0.3 is 2.85 Å². The summed E-state index contributed by atoms with van der Waals surface area (Å²) in [6.07, 6.45) is 4.28. The lowest BCUT2D eigenvalue weighted by Gasteiger charge is -2.00. The van der Waals surface area contributed by atoms with Crippen LogP contribution < -0.4 is 16.7 Å². The summed E-state index contributed by atoms with van der Waals surface area (Å²) in [5.74, 6) is 5.45. The number of nitrogens with two attached hydrogens (primary N) is 1.